The molecule has 0 saturated carbocycles. The molecular weight excluding hydrogens is 257 g/mol. The van der Waals surface area contributed by atoms with Crippen molar-refractivity contribution in [1.82, 2.24) is 19.9 Å². The molecule has 0 aliphatic heterocycles. The largest absolute Gasteiger partial charge is 0.329 e. The van der Waals surface area contributed by atoms with Gasteiger partial charge in [-0.25, -0.2) is 9.97 Å². The predicted octanol–water partition coefficient (Wildman–Crippen LogP) is 1.11. The summed E-state index contributed by atoms with van der Waals surface area (Å²) >= 11 is 1.97. The minimum Gasteiger partial charge on any atom is -0.329 e. The minimum atomic E-state index is 0.586. The van der Waals surface area contributed by atoms with Crippen LogP contribution in [0.25, 0.3) is 11.2 Å². The first-order chi connectivity index (χ1) is 5.40. The molecule has 11 heavy (non-hydrogen) atoms. The zero-order valence-corrected chi connectivity index (χ0v) is 7.53. The number of H-pyrrole nitrogens is 1. The lowest BCUT2D eigenvalue weighted by Gasteiger charge is -1.92. The van der Waals surface area contributed by atoms with Crippen molar-refractivity contribution in [1.29, 1.82) is 0 Å². The second-order valence-electron chi connectivity index (χ2n) is 1.92. The molecule has 0 aliphatic carbocycles. The Morgan fingerprint density at radius 3 is 3.18 bits per heavy atom. The van der Waals surface area contributed by atoms with Crippen LogP contribution in [0, 0.1) is 0 Å². The van der Waals surface area contributed by atoms with E-state index < -0.39 is 0 Å². The molecule has 2 heterocycles. The first kappa shape index (κ1) is 6.77. The summed E-state index contributed by atoms with van der Waals surface area (Å²) in [6.07, 6.45) is 3.26. The topological polar surface area (TPSA) is 66.5 Å². The summed E-state index contributed by atoms with van der Waals surface area (Å²) in [5, 5.41) is 0. The Balaban J connectivity index is 2.67. The number of imidazole rings is 1. The molecule has 0 spiro atoms. The molecule has 0 aromatic carbocycles. The SMILES string of the molecule is INc1ncc2nc[nH]c2n1. The van der Waals surface area contributed by atoms with Crippen LogP contribution in [-0.4, -0.2) is 19.9 Å². The van der Waals surface area contributed by atoms with E-state index in [1.807, 2.05) is 22.9 Å². The molecule has 5 nitrogen and oxygen atoms in total. The average molecular weight is 261 g/mol. The van der Waals surface area contributed by atoms with Crippen molar-refractivity contribution >= 4 is 40.0 Å². The van der Waals surface area contributed by atoms with Crippen LogP contribution in [0.2, 0.25) is 0 Å². The van der Waals surface area contributed by atoms with Crippen molar-refractivity contribution in [2.75, 3.05) is 3.53 Å². The number of nitrogens with one attached hydrogen (secondary N) is 2. The molecule has 0 amide bonds. The Bertz CT molecular complexity index is 370. The molecule has 6 heteroatoms. The third-order valence-corrected chi connectivity index (χ3v) is 1.74. The smallest absolute Gasteiger partial charge is 0.233 e. The third-order valence-electron chi connectivity index (χ3n) is 1.26. The van der Waals surface area contributed by atoms with Crippen LogP contribution in [0.5, 0.6) is 0 Å². The quantitative estimate of drug-likeness (QED) is 0.596. The van der Waals surface area contributed by atoms with Gasteiger partial charge in [0.25, 0.3) is 0 Å². The van der Waals surface area contributed by atoms with Gasteiger partial charge in [0.1, 0.15) is 5.52 Å². The first-order valence-corrected chi connectivity index (χ1v) is 4.01. The van der Waals surface area contributed by atoms with E-state index in [0.717, 1.165) is 11.2 Å². The van der Waals surface area contributed by atoms with Crippen LogP contribution >= 0.6 is 22.9 Å². The number of anilines is 1. The standard InChI is InChI=1S/C5H4IN5/c6-11-5-7-1-3-4(10-5)9-2-8-3/h1-2H,(H2,7,8,9,10,11). The maximum atomic E-state index is 4.11. The number of aromatic nitrogens is 4. The number of hydrogen-bond acceptors (Lipinski definition) is 4. The second-order valence-corrected chi connectivity index (χ2v) is 2.46. The van der Waals surface area contributed by atoms with Gasteiger partial charge in [0.15, 0.2) is 5.65 Å². The fourth-order valence-corrected chi connectivity index (χ4v) is 1.04. The van der Waals surface area contributed by atoms with E-state index in [0.29, 0.717) is 5.95 Å². The Kier molecular flexibility index (Phi) is 1.60. The highest BCUT2D eigenvalue weighted by atomic mass is 127. The van der Waals surface area contributed by atoms with Gasteiger partial charge >= 0.3 is 0 Å². The molecule has 0 saturated heterocycles. The zero-order valence-electron chi connectivity index (χ0n) is 5.37. The van der Waals surface area contributed by atoms with Crippen LogP contribution in [0.4, 0.5) is 5.95 Å². The molecular formula is C5H4IN5. The molecule has 0 bridgehead atoms. The lowest BCUT2D eigenvalue weighted by molar-refractivity contribution is 1.22. The fourth-order valence-electron chi connectivity index (χ4n) is 0.785. The van der Waals surface area contributed by atoms with Gasteiger partial charge in [0.05, 0.1) is 35.4 Å². The van der Waals surface area contributed by atoms with Crippen LogP contribution in [0.1, 0.15) is 0 Å². The Morgan fingerprint density at radius 1 is 1.45 bits per heavy atom. The molecule has 2 N–H and O–H groups in total. The number of halogens is 1. The number of aromatic amines is 1. The fraction of sp³-hybridized carbons (Fsp3) is 0. The highest BCUT2D eigenvalue weighted by Crippen LogP contribution is 2.07. The maximum Gasteiger partial charge on any atom is 0.233 e. The maximum absolute atomic E-state index is 4.11. The zero-order chi connectivity index (χ0) is 7.68. The highest BCUT2D eigenvalue weighted by molar-refractivity contribution is 14.1. The Labute approximate surface area is 76.1 Å². The molecule has 0 unspecified atom stereocenters. The van der Waals surface area contributed by atoms with Gasteiger partial charge in [0, 0.05) is 0 Å². The van der Waals surface area contributed by atoms with Gasteiger partial charge in [-0.05, 0) is 0 Å². The van der Waals surface area contributed by atoms with Gasteiger partial charge in [-0.2, -0.15) is 4.98 Å². The van der Waals surface area contributed by atoms with Gasteiger partial charge in [0.2, 0.25) is 5.95 Å². The molecule has 2 aromatic heterocycles. The van der Waals surface area contributed by atoms with E-state index in [9.17, 15) is 0 Å². The molecule has 0 radical (unpaired) electrons. The van der Waals surface area contributed by atoms with E-state index in [-0.39, 0.29) is 0 Å². The van der Waals surface area contributed by atoms with Crippen molar-refractivity contribution in [3.63, 3.8) is 0 Å². The van der Waals surface area contributed by atoms with Gasteiger partial charge < -0.3 is 4.98 Å². The van der Waals surface area contributed by atoms with Gasteiger partial charge in [-0.3, -0.25) is 3.53 Å². The summed E-state index contributed by atoms with van der Waals surface area (Å²) in [6.45, 7) is 0. The number of hydrogen-bond donors (Lipinski definition) is 2. The van der Waals surface area contributed by atoms with Crippen LogP contribution in [0.3, 0.4) is 0 Å². The Morgan fingerprint density at radius 2 is 2.36 bits per heavy atom. The first-order valence-electron chi connectivity index (χ1n) is 2.93. The average Bonchev–Trinajstić information content (AvgIpc) is 2.50. The summed E-state index contributed by atoms with van der Waals surface area (Å²) in [6, 6.07) is 0. The van der Waals surface area contributed by atoms with E-state index in [1.165, 1.54) is 0 Å². The van der Waals surface area contributed by atoms with Crippen molar-refractivity contribution in [2.45, 2.75) is 0 Å². The lowest BCUT2D eigenvalue weighted by Crippen LogP contribution is -1.89. The third kappa shape index (κ3) is 1.13. The molecule has 56 valence electrons. The normalized spacial score (nSPS) is 10.3. The predicted molar refractivity (Wildman–Crippen MR) is 49.3 cm³/mol. The number of nitrogens with zero attached hydrogens (tertiary/aromatic N) is 3. The van der Waals surface area contributed by atoms with Crippen molar-refractivity contribution in [3.8, 4) is 0 Å². The molecule has 0 aliphatic rings. The minimum absolute atomic E-state index is 0.586. The van der Waals surface area contributed by atoms with Crippen molar-refractivity contribution in [2.24, 2.45) is 0 Å². The molecule has 0 fully saturated rings. The lowest BCUT2D eigenvalue weighted by atomic mass is 10.6. The number of fused-ring (bicyclic) bond motifs is 1. The van der Waals surface area contributed by atoms with E-state index in [2.05, 4.69) is 23.5 Å². The second kappa shape index (κ2) is 2.61. The summed E-state index contributed by atoms with van der Waals surface area (Å²) < 4.78 is 2.81. The summed E-state index contributed by atoms with van der Waals surface area (Å²) in [5.74, 6) is 0.586. The van der Waals surface area contributed by atoms with Gasteiger partial charge in [-0.1, -0.05) is 0 Å². The highest BCUT2D eigenvalue weighted by Gasteiger charge is 1.98. The van der Waals surface area contributed by atoms with Crippen LogP contribution < -0.4 is 3.53 Å². The summed E-state index contributed by atoms with van der Waals surface area (Å²) in [5.41, 5.74) is 1.53. The molecule has 2 aromatic rings. The van der Waals surface area contributed by atoms with Crippen molar-refractivity contribution in [3.05, 3.63) is 12.5 Å². The summed E-state index contributed by atoms with van der Waals surface area (Å²) in [7, 11) is 0. The molecule has 0 atom stereocenters. The van der Waals surface area contributed by atoms with E-state index >= 15 is 0 Å². The number of rotatable bonds is 1. The van der Waals surface area contributed by atoms with E-state index in [1.54, 1.807) is 12.5 Å². The van der Waals surface area contributed by atoms with E-state index in [4.69, 9.17) is 0 Å². The van der Waals surface area contributed by atoms with Gasteiger partial charge in [-0.15, -0.1) is 0 Å². The molecule has 2 rings (SSSR count). The Hall–Kier alpha value is -0.920. The summed E-state index contributed by atoms with van der Waals surface area (Å²) in [4.78, 5) is 15.0. The van der Waals surface area contributed by atoms with Crippen LogP contribution in [-0.2, 0) is 0 Å². The van der Waals surface area contributed by atoms with Crippen LogP contribution in [0.15, 0.2) is 12.5 Å². The monoisotopic (exact) mass is 261 g/mol. The van der Waals surface area contributed by atoms with Crippen molar-refractivity contribution < 1.29 is 0 Å².